The van der Waals surface area contributed by atoms with E-state index in [1.165, 1.54) is 16.7 Å². The average Bonchev–Trinajstić information content (AvgIpc) is 2.46. The zero-order chi connectivity index (χ0) is 14.1. The number of nitrogens with zero attached hydrogens (tertiary/aromatic N) is 1. The summed E-state index contributed by atoms with van der Waals surface area (Å²) in [5.74, 6) is 0. The Hall–Kier alpha value is -2.19. The molecule has 0 saturated carbocycles. The van der Waals surface area contributed by atoms with Crippen molar-refractivity contribution in [1.29, 1.82) is 0 Å². The van der Waals surface area contributed by atoms with Crippen LogP contribution >= 0.6 is 0 Å². The number of benzene rings is 2. The van der Waals surface area contributed by atoms with Crippen LogP contribution in [0.5, 0.6) is 0 Å². The first kappa shape index (κ1) is 12.8. The molecule has 1 atom stereocenters. The van der Waals surface area contributed by atoms with Crippen molar-refractivity contribution in [3.63, 3.8) is 0 Å². The molecule has 0 aliphatic heterocycles. The van der Waals surface area contributed by atoms with Gasteiger partial charge in [0.1, 0.15) is 0 Å². The van der Waals surface area contributed by atoms with Crippen molar-refractivity contribution in [2.75, 3.05) is 0 Å². The first-order valence-electron chi connectivity index (χ1n) is 6.84. The molecule has 0 aliphatic rings. The number of nitrogens with two attached hydrogens (primary N) is 1. The summed E-state index contributed by atoms with van der Waals surface area (Å²) in [6.45, 7) is 4.22. The molecule has 0 spiro atoms. The Labute approximate surface area is 119 Å². The molecule has 20 heavy (non-hydrogen) atoms. The summed E-state index contributed by atoms with van der Waals surface area (Å²) >= 11 is 0. The lowest BCUT2D eigenvalue weighted by Crippen LogP contribution is -2.15. The topological polar surface area (TPSA) is 38.9 Å². The highest BCUT2D eigenvalue weighted by atomic mass is 14.7. The van der Waals surface area contributed by atoms with Crippen LogP contribution in [0, 0.1) is 13.8 Å². The van der Waals surface area contributed by atoms with E-state index in [4.69, 9.17) is 5.73 Å². The molecule has 0 aliphatic carbocycles. The van der Waals surface area contributed by atoms with Gasteiger partial charge in [0.15, 0.2) is 0 Å². The number of rotatable bonds is 2. The predicted molar refractivity (Wildman–Crippen MR) is 83.7 cm³/mol. The monoisotopic (exact) mass is 262 g/mol. The number of fused-ring (bicyclic) bond motifs is 1. The number of aryl methyl sites for hydroxylation is 2. The van der Waals surface area contributed by atoms with E-state index >= 15 is 0 Å². The van der Waals surface area contributed by atoms with Crippen molar-refractivity contribution in [1.82, 2.24) is 4.98 Å². The Kier molecular flexibility index (Phi) is 3.25. The second-order valence-corrected chi connectivity index (χ2v) is 5.21. The summed E-state index contributed by atoms with van der Waals surface area (Å²) in [6.07, 6.45) is 1.82. The van der Waals surface area contributed by atoms with Crippen molar-refractivity contribution in [2.45, 2.75) is 19.9 Å². The summed E-state index contributed by atoms with van der Waals surface area (Å²) in [5, 5.41) is 1.13. The lowest BCUT2D eigenvalue weighted by atomic mass is 9.91. The first-order chi connectivity index (χ1) is 9.68. The van der Waals surface area contributed by atoms with Gasteiger partial charge in [0, 0.05) is 11.6 Å². The molecule has 3 rings (SSSR count). The maximum atomic E-state index is 6.54. The highest BCUT2D eigenvalue weighted by Crippen LogP contribution is 2.29. The molecule has 2 heteroatoms. The normalized spacial score (nSPS) is 12.6. The molecular weight excluding hydrogens is 244 g/mol. The molecule has 0 radical (unpaired) electrons. The predicted octanol–water partition coefficient (Wildman–Crippen LogP) is 3.90. The molecule has 0 saturated heterocycles. The van der Waals surface area contributed by atoms with Crippen molar-refractivity contribution in [3.05, 3.63) is 77.0 Å². The standard InChI is InChI=1S/C18H18N2/c1-12-6-3-7-13(2)16(12)17(19)15-10-4-8-14-9-5-11-20-18(14)15/h3-11,17H,19H2,1-2H3. The van der Waals surface area contributed by atoms with Gasteiger partial charge >= 0.3 is 0 Å². The quantitative estimate of drug-likeness (QED) is 0.760. The van der Waals surface area contributed by atoms with Crippen LogP contribution < -0.4 is 5.73 Å². The molecule has 2 nitrogen and oxygen atoms in total. The van der Waals surface area contributed by atoms with E-state index in [2.05, 4.69) is 55.2 Å². The van der Waals surface area contributed by atoms with E-state index in [0.717, 1.165) is 16.5 Å². The number of hydrogen-bond donors (Lipinski definition) is 1. The molecule has 0 amide bonds. The van der Waals surface area contributed by atoms with Gasteiger partial charge in [-0.1, -0.05) is 42.5 Å². The maximum absolute atomic E-state index is 6.54. The summed E-state index contributed by atoms with van der Waals surface area (Å²) in [4.78, 5) is 4.51. The molecule has 0 fully saturated rings. The Balaban J connectivity index is 2.21. The third-order valence-corrected chi connectivity index (χ3v) is 3.85. The van der Waals surface area contributed by atoms with Crippen LogP contribution in [-0.2, 0) is 0 Å². The summed E-state index contributed by atoms with van der Waals surface area (Å²) < 4.78 is 0. The lowest BCUT2D eigenvalue weighted by Gasteiger charge is -2.19. The fourth-order valence-corrected chi connectivity index (χ4v) is 2.85. The van der Waals surface area contributed by atoms with Gasteiger partial charge in [0.05, 0.1) is 11.6 Å². The van der Waals surface area contributed by atoms with Gasteiger partial charge in [-0.25, -0.2) is 0 Å². The number of hydrogen-bond acceptors (Lipinski definition) is 2. The van der Waals surface area contributed by atoms with Crippen molar-refractivity contribution in [2.24, 2.45) is 5.73 Å². The van der Waals surface area contributed by atoms with E-state index in [1.54, 1.807) is 0 Å². The summed E-state index contributed by atoms with van der Waals surface area (Å²) in [5.41, 5.74) is 12.3. The SMILES string of the molecule is Cc1cccc(C)c1C(N)c1cccc2cccnc12. The van der Waals surface area contributed by atoms with Crippen LogP contribution in [0.25, 0.3) is 10.9 Å². The van der Waals surface area contributed by atoms with Gasteiger partial charge in [-0.2, -0.15) is 0 Å². The van der Waals surface area contributed by atoms with Gasteiger partial charge in [0.25, 0.3) is 0 Å². The fourth-order valence-electron chi connectivity index (χ4n) is 2.85. The van der Waals surface area contributed by atoms with E-state index in [1.807, 2.05) is 18.3 Å². The zero-order valence-electron chi connectivity index (χ0n) is 11.8. The molecule has 1 heterocycles. The average molecular weight is 262 g/mol. The van der Waals surface area contributed by atoms with Gasteiger partial charge in [-0.3, -0.25) is 4.98 Å². The number of aromatic nitrogens is 1. The Morgan fingerprint density at radius 3 is 2.30 bits per heavy atom. The van der Waals surface area contributed by atoms with Gasteiger partial charge < -0.3 is 5.73 Å². The first-order valence-corrected chi connectivity index (χ1v) is 6.84. The molecule has 3 aromatic rings. The molecule has 100 valence electrons. The smallest absolute Gasteiger partial charge is 0.0753 e. The highest BCUT2D eigenvalue weighted by Gasteiger charge is 2.16. The van der Waals surface area contributed by atoms with E-state index in [-0.39, 0.29) is 6.04 Å². The van der Waals surface area contributed by atoms with Crippen molar-refractivity contribution in [3.8, 4) is 0 Å². The van der Waals surface area contributed by atoms with Crippen molar-refractivity contribution >= 4 is 10.9 Å². The maximum Gasteiger partial charge on any atom is 0.0753 e. The van der Waals surface area contributed by atoms with Crippen LogP contribution in [-0.4, -0.2) is 4.98 Å². The summed E-state index contributed by atoms with van der Waals surface area (Å²) in [6, 6.07) is 16.4. The van der Waals surface area contributed by atoms with Crippen LogP contribution in [0.1, 0.15) is 28.3 Å². The van der Waals surface area contributed by atoms with Crippen molar-refractivity contribution < 1.29 is 0 Å². The molecule has 0 bridgehead atoms. The minimum atomic E-state index is -0.144. The third-order valence-electron chi connectivity index (χ3n) is 3.85. The van der Waals surface area contributed by atoms with Crippen LogP contribution in [0.3, 0.4) is 0 Å². The third kappa shape index (κ3) is 2.08. The van der Waals surface area contributed by atoms with Crippen LogP contribution in [0.4, 0.5) is 0 Å². The Morgan fingerprint density at radius 1 is 0.900 bits per heavy atom. The molecule has 2 aromatic carbocycles. The molecule has 1 aromatic heterocycles. The minimum Gasteiger partial charge on any atom is -0.320 e. The Bertz CT molecular complexity index is 737. The molecule has 1 unspecified atom stereocenters. The number of para-hydroxylation sites is 1. The summed E-state index contributed by atoms with van der Waals surface area (Å²) in [7, 11) is 0. The second kappa shape index (κ2) is 5.06. The molecule has 2 N–H and O–H groups in total. The van der Waals surface area contributed by atoms with Gasteiger partial charge in [-0.05, 0) is 42.2 Å². The van der Waals surface area contributed by atoms with E-state index < -0.39 is 0 Å². The zero-order valence-corrected chi connectivity index (χ0v) is 11.8. The van der Waals surface area contributed by atoms with E-state index in [0.29, 0.717) is 0 Å². The van der Waals surface area contributed by atoms with Gasteiger partial charge in [0.2, 0.25) is 0 Å². The van der Waals surface area contributed by atoms with Gasteiger partial charge in [-0.15, -0.1) is 0 Å². The minimum absolute atomic E-state index is 0.144. The fraction of sp³-hybridized carbons (Fsp3) is 0.167. The second-order valence-electron chi connectivity index (χ2n) is 5.21. The largest absolute Gasteiger partial charge is 0.320 e. The lowest BCUT2D eigenvalue weighted by molar-refractivity contribution is 0.857. The van der Waals surface area contributed by atoms with Crippen LogP contribution in [0.15, 0.2) is 54.7 Å². The Morgan fingerprint density at radius 2 is 1.55 bits per heavy atom. The van der Waals surface area contributed by atoms with Crippen LogP contribution in [0.2, 0.25) is 0 Å². The highest BCUT2D eigenvalue weighted by molar-refractivity contribution is 5.82. The van der Waals surface area contributed by atoms with E-state index in [9.17, 15) is 0 Å². The number of pyridine rings is 1. The molecular formula is C18H18N2.